The summed E-state index contributed by atoms with van der Waals surface area (Å²) in [6, 6.07) is 12.8. The van der Waals surface area contributed by atoms with Crippen LogP contribution in [0.1, 0.15) is 24.1 Å². The van der Waals surface area contributed by atoms with Crippen LogP contribution in [0, 0.1) is 0 Å². The topological polar surface area (TPSA) is 55.7 Å². The highest BCUT2D eigenvalue weighted by Gasteiger charge is 2.10. The van der Waals surface area contributed by atoms with Gasteiger partial charge in [0.25, 0.3) is 0 Å². The van der Waals surface area contributed by atoms with Crippen LogP contribution < -0.4 is 5.32 Å². The maximum atomic E-state index is 9.59. The number of anilines is 1. The molecule has 0 heterocycles. The molecule has 1 unspecified atom stereocenters. The van der Waals surface area contributed by atoms with Crippen LogP contribution in [0.2, 0.25) is 0 Å². The summed E-state index contributed by atoms with van der Waals surface area (Å²) in [7, 11) is 4.07. The standard InChI is InChI=1S/C17H22N2O2/c1-12(14-8-15(20)10-16(21)9-14)18-17-7-5-4-6-13(17)11-19(2)3/h4-10,12,18,20-21H,11H2,1-3H3. The SMILES string of the molecule is CC(Nc1ccccc1CN(C)C)c1cc(O)cc(O)c1. The molecule has 0 aromatic heterocycles. The number of phenolic OH excluding ortho intramolecular Hbond substituents is 2. The van der Waals surface area contributed by atoms with E-state index in [9.17, 15) is 10.2 Å². The Labute approximate surface area is 125 Å². The van der Waals surface area contributed by atoms with Crippen molar-refractivity contribution in [3.63, 3.8) is 0 Å². The Balaban J connectivity index is 2.21. The maximum Gasteiger partial charge on any atom is 0.119 e. The number of hydrogen-bond donors (Lipinski definition) is 3. The maximum absolute atomic E-state index is 9.59. The lowest BCUT2D eigenvalue weighted by atomic mass is 10.1. The van der Waals surface area contributed by atoms with Crippen molar-refractivity contribution < 1.29 is 10.2 Å². The Hall–Kier alpha value is -2.20. The minimum Gasteiger partial charge on any atom is -0.508 e. The molecular formula is C17H22N2O2. The fraction of sp³-hybridized carbons (Fsp3) is 0.294. The number of nitrogens with zero attached hydrogens (tertiary/aromatic N) is 1. The van der Waals surface area contributed by atoms with Crippen LogP contribution in [0.15, 0.2) is 42.5 Å². The molecule has 0 amide bonds. The first-order chi connectivity index (χ1) is 9.95. The molecule has 1 atom stereocenters. The van der Waals surface area contributed by atoms with Gasteiger partial charge in [-0.2, -0.15) is 0 Å². The van der Waals surface area contributed by atoms with Crippen molar-refractivity contribution in [2.75, 3.05) is 19.4 Å². The Morgan fingerprint density at radius 3 is 2.29 bits per heavy atom. The number of benzene rings is 2. The van der Waals surface area contributed by atoms with Gasteiger partial charge in [0.1, 0.15) is 11.5 Å². The second kappa shape index (κ2) is 6.50. The van der Waals surface area contributed by atoms with E-state index in [-0.39, 0.29) is 17.5 Å². The number of nitrogens with one attached hydrogen (secondary N) is 1. The smallest absolute Gasteiger partial charge is 0.119 e. The molecular weight excluding hydrogens is 264 g/mol. The van der Waals surface area contributed by atoms with Crippen LogP contribution >= 0.6 is 0 Å². The molecule has 2 aromatic carbocycles. The van der Waals surface area contributed by atoms with Crippen molar-refractivity contribution in [1.82, 2.24) is 4.90 Å². The third-order valence-corrected chi connectivity index (χ3v) is 3.30. The third kappa shape index (κ3) is 4.13. The zero-order valence-corrected chi connectivity index (χ0v) is 12.7. The molecule has 0 bridgehead atoms. The molecule has 0 saturated carbocycles. The highest BCUT2D eigenvalue weighted by molar-refractivity contribution is 5.53. The van der Waals surface area contributed by atoms with Crippen LogP contribution in [0.4, 0.5) is 5.69 Å². The fourth-order valence-electron chi connectivity index (χ4n) is 2.32. The average molecular weight is 286 g/mol. The van der Waals surface area contributed by atoms with E-state index in [1.54, 1.807) is 12.1 Å². The number of phenols is 2. The van der Waals surface area contributed by atoms with E-state index in [1.165, 1.54) is 11.6 Å². The summed E-state index contributed by atoms with van der Waals surface area (Å²) < 4.78 is 0. The van der Waals surface area contributed by atoms with Gasteiger partial charge >= 0.3 is 0 Å². The molecule has 4 heteroatoms. The Morgan fingerprint density at radius 2 is 1.67 bits per heavy atom. The van der Waals surface area contributed by atoms with E-state index in [1.807, 2.05) is 39.2 Å². The average Bonchev–Trinajstić information content (AvgIpc) is 2.39. The molecule has 2 rings (SSSR count). The molecule has 0 fully saturated rings. The van der Waals surface area contributed by atoms with E-state index in [4.69, 9.17) is 0 Å². The quantitative estimate of drug-likeness (QED) is 0.789. The number of rotatable bonds is 5. The molecule has 2 aromatic rings. The van der Waals surface area contributed by atoms with Gasteiger partial charge in [0.2, 0.25) is 0 Å². The van der Waals surface area contributed by atoms with Crippen LogP contribution in [-0.2, 0) is 6.54 Å². The van der Waals surface area contributed by atoms with Gasteiger partial charge in [-0.25, -0.2) is 0 Å². The monoisotopic (exact) mass is 286 g/mol. The third-order valence-electron chi connectivity index (χ3n) is 3.30. The summed E-state index contributed by atoms with van der Waals surface area (Å²) in [5.41, 5.74) is 3.10. The summed E-state index contributed by atoms with van der Waals surface area (Å²) in [6.07, 6.45) is 0. The Bertz CT molecular complexity index is 591. The van der Waals surface area contributed by atoms with Crippen molar-refractivity contribution in [2.24, 2.45) is 0 Å². The summed E-state index contributed by atoms with van der Waals surface area (Å²) >= 11 is 0. The van der Waals surface area contributed by atoms with Gasteiger partial charge in [0.15, 0.2) is 0 Å². The summed E-state index contributed by atoms with van der Waals surface area (Å²) in [4.78, 5) is 2.12. The van der Waals surface area contributed by atoms with E-state index in [0.717, 1.165) is 17.8 Å². The second-order valence-electron chi connectivity index (χ2n) is 5.54. The zero-order chi connectivity index (χ0) is 15.4. The van der Waals surface area contributed by atoms with E-state index < -0.39 is 0 Å². The fourth-order valence-corrected chi connectivity index (χ4v) is 2.32. The van der Waals surface area contributed by atoms with Gasteiger partial charge in [0, 0.05) is 24.3 Å². The van der Waals surface area contributed by atoms with Crippen molar-refractivity contribution >= 4 is 5.69 Å². The molecule has 3 N–H and O–H groups in total. The van der Waals surface area contributed by atoms with Crippen LogP contribution in [0.25, 0.3) is 0 Å². The van der Waals surface area contributed by atoms with Crippen molar-refractivity contribution in [3.05, 3.63) is 53.6 Å². The summed E-state index contributed by atoms with van der Waals surface area (Å²) in [6.45, 7) is 2.85. The van der Waals surface area contributed by atoms with Crippen LogP contribution in [-0.4, -0.2) is 29.2 Å². The first-order valence-corrected chi connectivity index (χ1v) is 6.98. The van der Waals surface area contributed by atoms with Gasteiger partial charge in [-0.3, -0.25) is 0 Å². The molecule has 0 aliphatic rings. The lowest BCUT2D eigenvalue weighted by Crippen LogP contribution is -2.14. The molecule has 112 valence electrons. The molecule has 0 saturated heterocycles. The normalized spacial score (nSPS) is 12.4. The first kappa shape index (κ1) is 15.2. The number of hydrogen-bond acceptors (Lipinski definition) is 4. The lowest BCUT2D eigenvalue weighted by molar-refractivity contribution is 0.403. The first-order valence-electron chi connectivity index (χ1n) is 6.98. The minimum atomic E-state index is -0.0219. The highest BCUT2D eigenvalue weighted by atomic mass is 16.3. The number of aromatic hydroxyl groups is 2. The molecule has 21 heavy (non-hydrogen) atoms. The Morgan fingerprint density at radius 1 is 1.05 bits per heavy atom. The highest BCUT2D eigenvalue weighted by Crippen LogP contribution is 2.28. The van der Waals surface area contributed by atoms with Crippen molar-refractivity contribution in [3.8, 4) is 11.5 Å². The predicted octanol–water partition coefficient (Wildman–Crippen LogP) is 3.33. The molecule has 0 aliphatic carbocycles. The van der Waals surface area contributed by atoms with Crippen molar-refractivity contribution in [2.45, 2.75) is 19.5 Å². The van der Waals surface area contributed by atoms with Gasteiger partial charge in [0.05, 0.1) is 0 Å². The number of para-hydroxylation sites is 1. The second-order valence-corrected chi connectivity index (χ2v) is 5.54. The van der Waals surface area contributed by atoms with E-state index >= 15 is 0 Å². The van der Waals surface area contributed by atoms with Gasteiger partial charge in [-0.15, -0.1) is 0 Å². The summed E-state index contributed by atoms with van der Waals surface area (Å²) in [5, 5.41) is 22.6. The van der Waals surface area contributed by atoms with Gasteiger partial charge in [-0.05, 0) is 50.3 Å². The summed E-state index contributed by atoms with van der Waals surface area (Å²) in [5.74, 6) is 0.139. The van der Waals surface area contributed by atoms with Crippen molar-refractivity contribution in [1.29, 1.82) is 0 Å². The van der Waals surface area contributed by atoms with Gasteiger partial charge in [-0.1, -0.05) is 18.2 Å². The minimum absolute atomic E-state index is 0.0219. The predicted molar refractivity (Wildman–Crippen MR) is 85.6 cm³/mol. The molecule has 4 nitrogen and oxygen atoms in total. The zero-order valence-electron chi connectivity index (χ0n) is 12.7. The lowest BCUT2D eigenvalue weighted by Gasteiger charge is -2.20. The Kier molecular flexibility index (Phi) is 4.70. The molecule has 0 spiro atoms. The van der Waals surface area contributed by atoms with Crippen LogP contribution in [0.5, 0.6) is 11.5 Å². The van der Waals surface area contributed by atoms with Crippen LogP contribution in [0.3, 0.4) is 0 Å². The molecule has 0 aliphatic heterocycles. The van der Waals surface area contributed by atoms with E-state index in [0.29, 0.717) is 0 Å². The molecule has 0 radical (unpaired) electrons. The van der Waals surface area contributed by atoms with E-state index in [2.05, 4.69) is 16.3 Å². The largest absolute Gasteiger partial charge is 0.508 e. The van der Waals surface area contributed by atoms with Gasteiger partial charge < -0.3 is 20.4 Å².